The number of benzene rings is 1. The number of alkyl halides is 3. The number of amides is 2. The molecule has 6 nitrogen and oxygen atoms in total. The Morgan fingerprint density at radius 2 is 1.97 bits per heavy atom. The number of nitrogens with zero attached hydrogens (tertiary/aromatic N) is 2. The van der Waals surface area contributed by atoms with E-state index in [1.54, 1.807) is 23.1 Å². The number of rotatable bonds is 6. The van der Waals surface area contributed by atoms with E-state index in [9.17, 15) is 22.8 Å². The molecule has 1 aromatic heterocycles. The van der Waals surface area contributed by atoms with Crippen LogP contribution in [0.4, 0.5) is 13.2 Å². The summed E-state index contributed by atoms with van der Waals surface area (Å²) in [7, 11) is 1.44. The second-order valence-electron chi connectivity index (χ2n) is 7.30. The van der Waals surface area contributed by atoms with Crippen LogP contribution < -0.4 is 4.74 Å². The Balaban J connectivity index is 1.66. The molecule has 168 valence electrons. The molecule has 0 atom stereocenters. The summed E-state index contributed by atoms with van der Waals surface area (Å²) in [6.45, 7) is -1.13. The van der Waals surface area contributed by atoms with Gasteiger partial charge < -0.3 is 19.0 Å². The summed E-state index contributed by atoms with van der Waals surface area (Å²) in [6.07, 6.45) is -2.65. The Hall–Kier alpha value is -2.68. The van der Waals surface area contributed by atoms with Crippen molar-refractivity contribution in [2.75, 3.05) is 26.7 Å². The molecule has 1 aromatic carbocycles. The van der Waals surface area contributed by atoms with Gasteiger partial charge in [-0.15, -0.1) is 0 Å². The highest BCUT2D eigenvalue weighted by Gasteiger charge is 2.37. The van der Waals surface area contributed by atoms with E-state index in [4.69, 9.17) is 20.8 Å². The summed E-state index contributed by atoms with van der Waals surface area (Å²) < 4.78 is 49.4. The minimum atomic E-state index is -4.53. The van der Waals surface area contributed by atoms with Gasteiger partial charge in [0.25, 0.3) is 5.91 Å². The maximum atomic E-state index is 13.0. The molecule has 0 spiro atoms. The average Bonchev–Trinajstić information content (AvgIpc) is 3.24. The molecule has 31 heavy (non-hydrogen) atoms. The fraction of sp³-hybridized carbons (Fsp3) is 0.429. The van der Waals surface area contributed by atoms with Crippen LogP contribution in [0.5, 0.6) is 5.75 Å². The predicted octanol–water partition coefficient (Wildman–Crippen LogP) is 4.38. The number of furan rings is 1. The predicted molar refractivity (Wildman–Crippen MR) is 107 cm³/mol. The van der Waals surface area contributed by atoms with Crippen LogP contribution in [0.25, 0.3) is 0 Å². The minimum Gasteiger partial charge on any atom is -0.496 e. The van der Waals surface area contributed by atoms with E-state index in [0.717, 1.165) is 4.90 Å². The number of ether oxygens (including phenoxy) is 1. The van der Waals surface area contributed by atoms with Crippen molar-refractivity contribution in [3.8, 4) is 5.75 Å². The number of piperidine rings is 1. The largest absolute Gasteiger partial charge is 0.496 e. The quantitative estimate of drug-likeness (QED) is 0.644. The number of hydrogen-bond acceptors (Lipinski definition) is 4. The minimum absolute atomic E-state index is 0.242. The maximum absolute atomic E-state index is 13.0. The van der Waals surface area contributed by atoms with Gasteiger partial charge in [-0.25, -0.2) is 0 Å². The second kappa shape index (κ2) is 9.64. The fourth-order valence-electron chi connectivity index (χ4n) is 3.62. The maximum Gasteiger partial charge on any atom is 0.406 e. The average molecular weight is 459 g/mol. The van der Waals surface area contributed by atoms with Crippen LogP contribution in [-0.2, 0) is 11.3 Å². The van der Waals surface area contributed by atoms with Gasteiger partial charge in [0.2, 0.25) is 5.91 Å². The van der Waals surface area contributed by atoms with E-state index < -0.39 is 24.5 Å². The smallest absolute Gasteiger partial charge is 0.406 e. The number of methoxy groups -OCH3 is 1. The zero-order chi connectivity index (χ0) is 22.6. The number of carbonyl (C=O) groups excluding carboxylic acids is 2. The summed E-state index contributed by atoms with van der Waals surface area (Å²) >= 11 is 5.99. The van der Waals surface area contributed by atoms with E-state index in [-0.39, 0.29) is 44.1 Å². The zero-order valence-electron chi connectivity index (χ0n) is 16.8. The highest BCUT2D eigenvalue weighted by atomic mass is 35.5. The van der Waals surface area contributed by atoms with Gasteiger partial charge in [0.15, 0.2) is 0 Å². The highest BCUT2D eigenvalue weighted by Crippen LogP contribution is 2.28. The number of likely N-dealkylation sites (tertiary alicyclic amines) is 1. The van der Waals surface area contributed by atoms with Crippen LogP contribution in [0.2, 0.25) is 5.02 Å². The molecule has 3 rings (SSSR count). The Morgan fingerprint density at radius 1 is 1.26 bits per heavy atom. The van der Waals surface area contributed by atoms with E-state index in [2.05, 4.69) is 0 Å². The summed E-state index contributed by atoms with van der Waals surface area (Å²) in [5, 5.41) is 0.384. The molecule has 0 bridgehead atoms. The first-order valence-corrected chi connectivity index (χ1v) is 10.1. The Bertz CT molecular complexity index is 910. The van der Waals surface area contributed by atoms with Crippen molar-refractivity contribution in [2.24, 2.45) is 5.92 Å². The van der Waals surface area contributed by atoms with Crippen LogP contribution >= 0.6 is 11.6 Å². The summed E-state index contributed by atoms with van der Waals surface area (Å²) in [5.74, 6) is -0.850. The Kier molecular flexibility index (Phi) is 7.15. The molecule has 0 saturated carbocycles. The summed E-state index contributed by atoms with van der Waals surface area (Å²) in [4.78, 5) is 28.0. The highest BCUT2D eigenvalue weighted by molar-refractivity contribution is 6.31. The lowest BCUT2D eigenvalue weighted by molar-refractivity contribution is -0.166. The molecule has 1 aliphatic rings. The lowest BCUT2D eigenvalue weighted by Gasteiger charge is -2.34. The van der Waals surface area contributed by atoms with Crippen molar-refractivity contribution in [3.05, 3.63) is 52.9 Å². The fourth-order valence-corrected chi connectivity index (χ4v) is 3.80. The van der Waals surface area contributed by atoms with E-state index in [1.807, 2.05) is 0 Å². The first-order valence-electron chi connectivity index (χ1n) is 9.68. The lowest BCUT2D eigenvalue weighted by Crippen LogP contribution is -2.46. The molecule has 2 amide bonds. The van der Waals surface area contributed by atoms with Crippen molar-refractivity contribution in [1.29, 1.82) is 0 Å². The lowest BCUT2D eigenvalue weighted by atomic mass is 9.94. The molecule has 1 saturated heterocycles. The van der Waals surface area contributed by atoms with Crippen LogP contribution in [-0.4, -0.2) is 54.5 Å². The van der Waals surface area contributed by atoms with Crippen LogP contribution in [0.15, 0.2) is 41.0 Å². The molecule has 1 fully saturated rings. The SMILES string of the molecule is COc1ccc(Cl)cc1C(=O)N1CCC(C(=O)N(Cc2ccco2)CC(F)(F)F)CC1. The summed E-state index contributed by atoms with van der Waals surface area (Å²) in [6, 6.07) is 7.79. The zero-order valence-corrected chi connectivity index (χ0v) is 17.6. The molecule has 10 heteroatoms. The van der Waals surface area contributed by atoms with Crippen molar-refractivity contribution in [2.45, 2.75) is 25.6 Å². The Labute approximate surface area is 182 Å². The van der Waals surface area contributed by atoms with Crippen LogP contribution in [0, 0.1) is 5.92 Å². The molecule has 0 radical (unpaired) electrons. The van der Waals surface area contributed by atoms with Gasteiger partial charge in [0, 0.05) is 24.0 Å². The topological polar surface area (TPSA) is 63.0 Å². The van der Waals surface area contributed by atoms with Crippen LogP contribution in [0.3, 0.4) is 0 Å². The molecule has 2 heterocycles. The number of hydrogen-bond donors (Lipinski definition) is 0. The van der Waals surface area contributed by atoms with Gasteiger partial charge >= 0.3 is 6.18 Å². The van der Waals surface area contributed by atoms with Gasteiger partial charge in [-0.2, -0.15) is 13.2 Å². The normalized spacial score (nSPS) is 15.1. The standard InChI is InChI=1S/C21H22ClF3N2O4/c1-30-18-5-4-15(22)11-17(18)20(29)26-8-6-14(7-9-26)19(28)27(13-21(23,24)25)12-16-3-2-10-31-16/h2-5,10-11,14H,6-9,12-13H2,1H3. The molecular weight excluding hydrogens is 437 g/mol. The molecule has 0 unspecified atom stereocenters. The van der Waals surface area contributed by atoms with Crippen LogP contribution in [0.1, 0.15) is 29.0 Å². The van der Waals surface area contributed by atoms with Crippen molar-refractivity contribution in [3.63, 3.8) is 0 Å². The van der Waals surface area contributed by atoms with E-state index in [1.165, 1.54) is 25.5 Å². The number of carbonyl (C=O) groups is 2. The number of halogens is 4. The first-order chi connectivity index (χ1) is 14.7. The third-order valence-electron chi connectivity index (χ3n) is 5.13. The molecular formula is C21H22ClF3N2O4. The molecule has 0 aliphatic carbocycles. The third-order valence-corrected chi connectivity index (χ3v) is 5.37. The van der Waals surface area contributed by atoms with Gasteiger partial charge in [0.1, 0.15) is 18.1 Å². The summed E-state index contributed by atoms with van der Waals surface area (Å²) in [5.41, 5.74) is 0.302. The molecule has 2 aromatic rings. The van der Waals surface area contributed by atoms with Crippen molar-refractivity contribution < 1.29 is 31.9 Å². The first kappa shape index (κ1) is 23.0. The van der Waals surface area contributed by atoms with E-state index in [0.29, 0.717) is 16.3 Å². The third kappa shape index (κ3) is 5.94. The van der Waals surface area contributed by atoms with Gasteiger partial charge in [0.05, 0.1) is 25.5 Å². The van der Waals surface area contributed by atoms with Crippen molar-refractivity contribution >= 4 is 23.4 Å². The van der Waals surface area contributed by atoms with E-state index >= 15 is 0 Å². The molecule has 1 aliphatic heterocycles. The second-order valence-corrected chi connectivity index (χ2v) is 7.74. The monoisotopic (exact) mass is 458 g/mol. The van der Waals surface area contributed by atoms with Crippen molar-refractivity contribution in [1.82, 2.24) is 9.80 Å². The van der Waals surface area contributed by atoms with Gasteiger partial charge in [-0.05, 0) is 43.2 Å². The Morgan fingerprint density at radius 3 is 2.55 bits per heavy atom. The molecule has 0 N–H and O–H groups in total. The van der Waals surface area contributed by atoms with Gasteiger partial charge in [-0.3, -0.25) is 9.59 Å². The van der Waals surface area contributed by atoms with Gasteiger partial charge in [-0.1, -0.05) is 11.6 Å².